The SMILES string of the molecule is CN1CCC(C)(CNc2ccccc2[N+](=O)[O-])CC1. The largest absolute Gasteiger partial charge is 0.379 e. The van der Waals surface area contributed by atoms with Crippen molar-refractivity contribution in [3.8, 4) is 0 Å². The molecule has 104 valence electrons. The van der Waals surface area contributed by atoms with Crippen LogP contribution in [0.1, 0.15) is 19.8 Å². The van der Waals surface area contributed by atoms with Gasteiger partial charge in [0.1, 0.15) is 5.69 Å². The van der Waals surface area contributed by atoms with E-state index < -0.39 is 0 Å². The highest BCUT2D eigenvalue weighted by atomic mass is 16.6. The van der Waals surface area contributed by atoms with E-state index in [4.69, 9.17) is 0 Å². The number of nitro groups is 1. The van der Waals surface area contributed by atoms with Crippen LogP contribution < -0.4 is 5.32 Å². The molecule has 0 saturated carbocycles. The second kappa shape index (κ2) is 5.57. The number of benzene rings is 1. The first-order chi connectivity index (χ1) is 9.00. The first-order valence-corrected chi connectivity index (χ1v) is 6.66. The van der Waals surface area contributed by atoms with E-state index in [9.17, 15) is 10.1 Å². The average Bonchev–Trinajstić information content (AvgIpc) is 2.41. The number of anilines is 1. The molecule has 1 saturated heterocycles. The van der Waals surface area contributed by atoms with E-state index in [2.05, 4.69) is 24.2 Å². The molecule has 1 N–H and O–H groups in total. The van der Waals surface area contributed by atoms with Crippen molar-refractivity contribution in [1.29, 1.82) is 0 Å². The molecule has 5 nitrogen and oxygen atoms in total. The molecular formula is C14H21N3O2. The Morgan fingerprint density at radius 1 is 1.37 bits per heavy atom. The monoisotopic (exact) mass is 263 g/mol. The Morgan fingerprint density at radius 2 is 2.00 bits per heavy atom. The minimum Gasteiger partial charge on any atom is -0.379 e. The van der Waals surface area contributed by atoms with Crippen molar-refractivity contribution in [2.45, 2.75) is 19.8 Å². The van der Waals surface area contributed by atoms with Crippen LogP contribution in [0.15, 0.2) is 24.3 Å². The zero-order valence-electron chi connectivity index (χ0n) is 11.6. The molecular weight excluding hydrogens is 242 g/mol. The highest BCUT2D eigenvalue weighted by molar-refractivity contribution is 5.61. The van der Waals surface area contributed by atoms with Gasteiger partial charge in [0.15, 0.2) is 0 Å². The van der Waals surface area contributed by atoms with Crippen LogP contribution in [-0.4, -0.2) is 36.5 Å². The number of nitrogens with zero attached hydrogens (tertiary/aromatic N) is 2. The van der Waals surface area contributed by atoms with Gasteiger partial charge in [-0.25, -0.2) is 0 Å². The Labute approximate surface area is 113 Å². The summed E-state index contributed by atoms with van der Waals surface area (Å²) < 4.78 is 0. The summed E-state index contributed by atoms with van der Waals surface area (Å²) in [5, 5.41) is 14.2. The molecule has 0 unspecified atom stereocenters. The van der Waals surface area contributed by atoms with Crippen LogP contribution in [0.2, 0.25) is 0 Å². The Kier molecular flexibility index (Phi) is 4.04. The lowest BCUT2D eigenvalue weighted by molar-refractivity contribution is -0.384. The number of likely N-dealkylation sites (tertiary alicyclic amines) is 1. The molecule has 1 aromatic rings. The summed E-state index contributed by atoms with van der Waals surface area (Å²) in [5.74, 6) is 0. The third kappa shape index (κ3) is 3.44. The fraction of sp³-hybridized carbons (Fsp3) is 0.571. The normalized spacial score (nSPS) is 19.1. The van der Waals surface area contributed by atoms with Gasteiger partial charge in [0.05, 0.1) is 4.92 Å². The first-order valence-electron chi connectivity index (χ1n) is 6.66. The van der Waals surface area contributed by atoms with E-state index in [1.165, 1.54) is 0 Å². The van der Waals surface area contributed by atoms with Crippen LogP contribution in [0.4, 0.5) is 11.4 Å². The van der Waals surface area contributed by atoms with Crippen molar-refractivity contribution in [1.82, 2.24) is 4.90 Å². The topological polar surface area (TPSA) is 58.4 Å². The van der Waals surface area contributed by atoms with Crippen molar-refractivity contribution in [3.63, 3.8) is 0 Å². The molecule has 1 fully saturated rings. The molecule has 2 rings (SSSR count). The van der Waals surface area contributed by atoms with Crippen LogP contribution in [0, 0.1) is 15.5 Å². The number of hydrogen-bond acceptors (Lipinski definition) is 4. The number of hydrogen-bond donors (Lipinski definition) is 1. The molecule has 1 aromatic carbocycles. The third-order valence-electron chi connectivity index (χ3n) is 4.00. The summed E-state index contributed by atoms with van der Waals surface area (Å²) in [5.41, 5.74) is 0.989. The van der Waals surface area contributed by atoms with E-state index in [0.29, 0.717) is 5.69 Å². The molecule has 1 aliphatic rings. The summed E-state index contributed by atoms with van der Waals surface area (Å²) in [4.78, 5) is 12.9. The summed E-state index contributed by atoms with van der Waals surface area (Å²) in [6, 6.07) is 6.84. The molecule has 0 atom stereocenters. The number of nitro benzene ring substituents is 1. The van der Waals surface area contributed by atoms with Gasteiger partial charge in [-0.1, -0.05) is 19.1 Å². The van der Waals surface area contributed by atoms with Gasteiger partial charge in [-0.3, -0.25) is 10.1 Å². The first kappa shape index (κ1) is 13.8. The number of rotatable bonds is 4. The minimum atomic E-state index is -0.334. The van der Waals surface area contributed by atoms with Gasteiger partial charge in [-0.15, -0.1) is 0 Å². The van der Waals surface area contributed by atoms with Crippen LogP contribution in [0.25, 0.3) is 0 Å². The molecule has 0 aliphatic carbocycles. The van der Waals surface area contributed by atoms with Gasteiger partial charge >= 0.3 is 0 Å². The minimum absolute atomic E-state index is 0.152. The molecule has 0 amide bonds. The Balaban J connectivity index is 2.01. The Bertz CT molecular complexity index is 454. The van der Waals surface area contributed by atoms with Crippen LogP contribution in [0.5, 0.6) is 0 Å². The highest BCUT2D eigenvalue weighted by Gasteiger charge is 2.29. The zero-order chi connectivity index (χ0) is 13.9. The van der Waals surface area contributed by atoms with E-state index in [1.807, 2.05) is 6.07 Å². The smallest absolute Gasteiger partial charge is 0.292 e. The van der Waals surface area contributed by atoms with Crippen molar-refractivity contribution in [3.05, 3.63) is 34.4 Å². The van der Waals surface area contributed by atoms with Crippen molar-refractivity contribution in [2.75, 3.05) is 32.0 Å². The molecule has 0 bridgehead atoms. The van der Waals surface area contributed by atoms with Crippen LogP contribution >= 0.6 is 0 Å². The molecule has 1 heterocycles. The molecule has 0 spiro atoms. The second-order valence-electron chi connectivity index (χ2n) is 5.74. The predicted molar refractivity (Wildman–Crippen MR) is 76.4 cm³/mol. The lowest BCUT2D eigenvalue weighted by Gasteiger charge is -2.38. The van der Waals surface area contributed by atoms with E-state index in [0.717, 1.165) is 32.5 Å². The average molecular weight is 263 g/mol. The standard InChI is InChI=1S/C14H21N3O2/c1-14(7-9-16(2)10-8-14)11-15-12-5-3-4-6-13(12)17(18)19/h3-6,15H,7-11H2,1-2H3. The maximum Gasteiger partial charge on any atom is 0.292 e. The van der Waals surface area contributed by atoms with Gasteiger partial charge in [-0.05, 0) is 44.5 Å². The lowest BCUT2D eigenvalue weighted by Crippen LogP contribution is -2.40. The van der Waals surface area contributed by atoms with Crippen molar-refractivity contribution >= 4 is 11.4 Å². The summed E-state index contributed by atoms with van der Waals surface area (Å²) in [6.45, 7) is 5.22. The van der Waals surface area contributed by atoms with E-state index >= 15 is 0 Å². The van der Waals surface area contributed by atoms with Crippen molar-refractivity contribution < 1.29 is 4.92 Å². The van der Waals surface area contributed by atoms with E-state index in [1.54, 1.807) is 18.2 Å². The summed E-state index contributed by atoms with van der Waals surface area (Å²) in [7, 11) is 2.13. The Hall–Kier alpha value is -1.62. The molecule has 5 heteroatoms. The van der Waals surface area contributed by atoms with Crippen LogP contribution in [0.3, 0.4) is 0 Å². The predicted octanol–water partition coefficient (Wildman–Crippen LogP) is 2.74. The fourth-order valence-electron chi connectivity index (χ4n) is 2.43. The molecule has 0 radical (unpaired) electrons. The lowest BCUT2D eigenvalue weighted by atomic mass is 9.80. The van der Waals surface area contributed by atoms with Gasteiger partial charge in [0.25, 0.3) is 5.69 Å². The van der Waals surface area contributed by atoms with E-state index in [-0.39, 0.29) is 16.0 Å². The van der Waals surface area contributed by atoms with Crippen LogP contribution in [-0.2, 0) is 0 Å². The molecule has 0 aromatic heterocycles. The maximum absolute atomic E-state index is 11.0. The maximum atomic E-state index is 11.0. The van der Waals surface area contributed by atoms with Gasteiger partial charge in [0, 0.05) is 12.6 Å². The quantitative estimate of drug-likeness (QED) is 0.670. The third-order valence-corrected chi connectivity index (χ3v) is 4.00. The second-order valence-corrected chi connectivity index (χ2v) is 5.74. The Morgan fingerprint density at radius 3 is 2.63 bits per heavy atom. The van der Waals surface area contributed by atoms with Crippen molar-refractivity contribution in [2.24, 2.45) is 5.41 Å². The summed E-state index contributed by atoms with van der Waals surface area (Å²) >= 11 is 0. The molecule has 1 aliphatic heterocycles. The van der Waals surface area contributed by atoms with Gasteiger partial charge in [0.2, 0.25) is 0 Å². The van der Waals surface area contributed by atoms with Gasteiger partial charge < -0.3 is 10.2 Å². The number of para-hydroxylation sites is 2. The molecule has 19 heavy (non-hydrogen) atoms. The summed E-state index contributed by atoms with van der Waals surface area (Å²) in [6.07, 6.45) is 2.24. The number of nitrogens with one attached hydrogen (secondary N) is 1. The number of piperidine rings is 1. The zero-order valence-corrected chi connectivity index (χ0v) is 11.6. The highest BCUT2D eigenvalue weighted by Crippen LogP contribution is 2.32. The fourth-order valence-corrected chi connectivity index (χ4v) is 2.43. The van der Waals surface area contributed by atoms with Gasteiger partial charge in [-0.2, -0.15) is 0 Å².